The molecule has 0 aromatic heterocycles. The Labute approximate surface area is 313 Å². The largest absolute Gasteiger partial charge is 0.397 e. The molecule has 1 aliphatic heterocycles. The van der Waals surface area contributed by atoms with E-state index in [4.69, 9.17) is 14.0 Å². The van der Waals surface area contributed by atoms with Crippen molar-refractivity contribution in [1.29, 1.82) is 0 Å². The molecule has 1 heterocycles. The summed E-state index contributed by atoms with van der Waals surface area (Å²) in [5.74, 6) is -0.716. The minimum Gasteiger partial charge on any atom is -0.394 e. The average Bonchev–Trinajstić information content (AvgIpc) is 3.11. The summed E-state index contributed by atoms with van der Waals surface area (Å²) in [7, 11) is -5.11. The normalized spacial score (nSPS) is 23.0. The van der Waals surface area contributed by atoms with Crippen LogP contribution in [0.2, 0.25) is 0 Å². The molecular weight excluding hydrogens is 694 g/mol. The van der Waals surface area contributed by atoms with E-state index in [1.54, 1.807) is 0 Å². The number of hydrogen-bond acceptors (Lipinski definition) is 11. The zero-order chi connectivity index (χ0) is 38.6. The van der Waals surface area contributed by atoms with Crippen molar-refractivity contribution in [3.8, 4) is 0 Å². The molecule has 1 aliphatic rings. The van der Waals surface area contributed by atoms with Crippen LogP contribution in [0.3, 0.4) is 0 Å². The Bertz CT molecular complexity index is 1060. The van der Waals surface area contributed by atoms with Crippen LogP contribution in [-0.4, -0.2) is 107 Å². The summed E-state index contributed by atoms with van der Waals surface area (Å²) in [5, 5.41) is 54.8. The molecule has 13 nitrogen and oxygen atoms in total. The van der Waals surface area contributed by atoms with E-state index < -0.39 is 78.5 Å². The topological polar surface area (TPSA) is 212 Å². The van der Waals surface area contributed by atoms with E-state index >= 15 is 0 Å². The van der Waals surface area contributed by atoms with Crippen LogP contribution in [0, 0.1) is 0 Å². The van der Waals surface area contributed by atoms with E-state index in [9.17, 15) is 38.7 Å². The van der Waals surface area contributed by atoms with Gasteiger partial charge in [0, 0.05) is 0 Å². The summed E-state index contributed by atoms with van der Waals surface area (Å²) in [6.07, 6.45) is 18.5. The maximum Gasteiger partial charge on any atom is 0.397 e. The van der Waals surface area contributed by atoms with Gasteiger partial charge in [0.05, 0.1) is 25.4 Å². The molecule has 1 amide bonds. The van der Waals surface area contributed by atoms with Crippen molar-refractivity contribution >= 4 is 16.3 Å². The molecule has 306 valence electrons. The van der Waals surface area contributed by atoms with E-state index in [2.05, 4.69) is 35.5 Å². The Kier molecular flexibility index (Phi) is 27.9. The zero-order valence-corrected chi connectivity index (χ0v) is 32.5. The Morgan fingerprint density at radius 1 is 0.769 bits per heavy atom. The summed E-state index contributed by atoms with van der Waals surface area (Å²) in [5.41, 5.74) is 0. The molecule has 0 aromatic rings. The van der Waals surface area contributed by atoms with Crippen molar-refractivity contribution in [2.45, 2.75) is 198 Å². The van der Waals surface area contributed by atoms with Crippen molar-refractivity contribution in [1.82, 2.24) is 5.32 Å². The van der Waals surface area contributed by atoms with Crippen molar-refractivity contribution in [3.05, 3.63) is 24.3 Å². The number of allylic oxidation sites excluding steroid dienone is 3. The monoisotopic (exact) mass is 765 g/mol. The number of aliphatic hydroxyl groups is 5. The molecule has 8 atom stereocenters. The van der Waals surface area contributed by atoms with Crippen molar-refractivity contribution in [2.24, 2.45) is 0 Å². The van der Waals surface area contributed by atoms with E-state index in [1.165, 1.54) is 70.3 Å². The number of ether oxygens (including phenoxy) is 2. The van der Waals surface area contributed by atoms with Crippen LogP contribution in [-0.2, 0) is 28.9 Å². The number of rotatable bonds is 32. The first kappa shape index (κ1) is 48.6. The lowest BCUT2D eigenvalue weighted by molar-refractivity contribution is -0.298. The minimum atomic E-state index is -5.11. The van der Waals surface area contributed by atoms with Crippen molar-refractivity contribution in [2.75, 3.05) is 13.2 Å². The van der Waals surface area contributed by atoms with E-state index in [0.29, 0.717) is 12.8 Å². The van der Waals surface area contributed by atoms with Gasteiger partial charge >= 0.3 is 10.4 Å². The van der Waals surface area contributed by atoms with Gasteiger partial charge in [-0.2, -0.15) is 8.42 Å². The first-order chi connectivity index (χ1) is 24.9. The van der Waals surface area contributed by atoms with Gasteiger partial charge in [0.15, 0.2) is 6.29 Å². The highest BCUT2D eigenvalue weighted by Gasteiger charge is 2.48. The van der Waals surface area contributed by atoms with Gasteiger partial charge in [0.2, 0.25) is 5.91 Å². The van der Waals surface area contributed by atoms with Gasteiger partial charge < -0.3 is 40.3 Å². The number of carbonyl (C=O) groups is 1. The third-order valence-corrected chi connectivity index (χ3v) is 9.80. The SMILES string of the molecule is CCCCC/C=C\CCCCCCC(O)C(=O)NC(COC1OC(CO)C(O)C(OS(=O)(=O)O)C1O)C(O)/C=C/CCCCCCCCCCCC. The van der Waals surface area contributed by atoms with Gasteiger partial charge in [-0.05, 0) is 44.9 Å². The highest BCUT2D eigenvalue weighted by molar-refractivity contribution is 7.80. The molecule has 0 bridgehead atoms. The fourth-order valence-corrected chi connectivity index (χ4v) is 6.61. The minimum absolute atomic E-state index is 0.228. The Balaban J connectivity index is 2.72. The molecule has 0 aromatic carbocycles. The lowest BCUT2D eigenvalue weighted by atomic mass is 9.99. The standard InChI is InChI=1S/C38H71NO12S/c1-3-5-7-9-11-13-15-17-18-20-22-24-26-31(41)30(29-49-38-35(44)36(51-52(46,47)48)34(43)33(28-40)50-38)39-37(45)32(42)27-25-23-21-19-16-14-12-10-8-6-4-2/h12,14,24,26,30-36,38,40-44H,3-11,13,15-23,25,27-29H2,1-2H3,(H,39,45)(H,46,47,48)/b14-12-,26-24+. The highest BCUT2D eigenvalue weighted by atomic mass is 32.3. The third kappa shape index (κ3) is 22.7. The molecule has 1 rings (SSSR count). The summed E-state index contributed by atoms with van der Waals surface area (Å²) in [4.78, 5) is 13.0. The third-order valence-electron chi connectivity index (χ3n) is 9.33. The molecule has 1 fully saturated rings. The smallest absolute Gasteiger partial charge is 0.394 e. The van der Waals surface area contributed by atoms with Gasteiger partial charge in [0.25, 0.3) is 0 Å². The fraction of sp³-hybridized carbons (Fsp3) is 0.868. The van der Waals surface area contributed by atoms with E-state index in [0.717, 1.165) is 51.4 Å². The Morgan fingerprint density at radius 2 is 1.27 bits per heavy atom. The van der Waals surface area contributed by atoms with Gasteiger partial charge in [-0.1, -0.05) is 128 Å². The quantitative estimate of drug-likeness (QED) is 0.0268. The molecule has 0 saturated carbocycles. The number of hydrogen-bond donors (Lipinski definition) is 7. The van der Waals surface area contributed by atoms with Crippen LogP contribution in [0.15, 0.2) is 24.3 Å². The molecule has 0 spiro atoms. The van der Waals surface area contributed by atoms with Crippen LogP contribution >= 0.6 is 0 Å². The van der Waals surface area contributed by atoms with Gasteiger partial charge in [-0.3, -0.25) is 9.35 Å². The van der Waals surface area contributed by atoms with Crippen molar-refractivity contribution in [3.63, 3.8) is 0 Å². The van der Waals surface area contributed by atoms with Crippen LogP contribution in [0.1, 0.15) is 149 Å². The fourth-order valence-electron chi connectivity index (χ4n) is 6.10. The van der Waals surface area contributed by atoms with Crippen LogP contribution in [0.4, 0.5) is 0 Å². The van der Waals surface area contributed by atoms with E-state index in [-0.39, 0.29) is 6.42 Å². The highest BCUT2D eigenvalue weighted by Crippen LogP contribution is 2.26. The lowest BCUT2D eigenvalue weighted by Crippen LogP contribution is -2.61. The zero-order valence-electron chi connectivity index (χ0n) is 31.7. The lowest BCUT2D eigenvalue weighted by Gasteiger charge is -2.41. The number of amides is 1. The Hall–Kier alpha value is -1.46. The van der Waals surface area contributed by atoms with Crippen molar-refractivity contribution < 1.29 is 57.0 Å². The Morgan fingerprint density at radius 3 is 1.83 bits per heavy atom. The molecular formula is C38H71NO12S. The molecule has 1 saturated heterocycles. The molecule has 8 unspecified atom stereocenters. The van der Waals surface area contributed by atoms with Gasteiger partial charge in [-0.25, -0.2) is 4.18 Å². The molecule has 52 heavy (non-hydrogen) atoms. The van der Waals surface area contributed by atoms with Crippen LogP contribution in [0.5, 0.6) is 0 Å². The predicted octanol–water partition coefficient (Wildman–Crippen LogP) is 5.18. The second kappa shape index (κ2) is 29.8. The average molecular weight is 766 g/mol. The van der Waals surface area contributed by atoms with Crippen LogP contribution < -0.4 is 5.32 Å². The number of nitrogens with one attached hydrogen (secondary N) is 1. The first-order valence-electron chi connectivity index (χ1n) is 19.8. The number of carbonyl (C=O) groups excluding carboxylic acids is 1. The van der Waals surface area contributed by atoms with Gasteiger partial charge in [-0.15, -0.1) is 0 Å². The maximum atomic E-state index is 13.0. The molecule has 7 N–H and O–H groups in total. The molecule has 0 radical (unpaired) electrons. The summed E-state index contributed by atoms with van der Waals surface area (Å²) < 4.78 is 47.2. The van der Waals surface area contributed by atoms with Crippen LogP contribution in [0.25, 0.3) is 0 Å². The maximum absolute atomic E-state index is 13.0. The first-order valence-corrected chi connectivity index (χ1v) is 21.2. The summed E-state index contributed by atoms with van der Waals surface area (Å²) in [6, 6.07) is -1.12. The molecule has 14 heteroatoms. The molecule has 0 aliphatic carbocycles. The van der Waals surface area contributed by atoms with E-state index in [1.807, 2.05) is 6.08 Å². The van der Waals surface area contributed by atoms with Gasteiger partial charge in [0.1, 0.15) is 30.5 Å². The number of unbranched alkanes of at least 4 members (excludes halogenated alkanes) is 17. The number of aliphatic hydroxyl groups excluding tert-OH is 5. The predicted molar refractivity (Wildman–Crippen MR) is 201 cm³/mol. The second-order valence-corrected chi connectivity index (χ2v) is 15.1. The summed E-state index contributed by atoms with van der Waals surface area (Å²) in [6.45, 7) is 3.13. The summed E-state index contributed by atoms with van der Waals surface area (Å²) >= 11 is 0. The second-order valence-electron chi connectivity index (χ2n) is 14.0.